The fourth-order valence-electron chi connectivity index (χ4n) is 2.83. The Balaban J connectivity index is 2.06. The van der Waals surface area contributed by atoms with Gasteiger partial charge in [-0.2, -0.15) is 0 Å². The second-order valence-corrected chi connectivity index (χ2v) is 6.53. The Labute approximate surface area is 139 Å². The number of likely N-dealkylation sites (tertiary alicyclic amines) is 1. The minimum atomic E-state index is 0.0670. The van der Waals surface area contributed by atoms with Crippen LogP contribution >= 0.6 is 0 Å². The molecule has 5 nitrogen and oxygen atoms in total. The number of rotatable bonds is 7. The van der Waals surface area contributed by atoms with Gasteiger partial charge >= 0.3 is 0 Å². The van der Waals surface area contributed by atoms with Crippen molar-refractivity contribution in [2.75, 3.05) is 40.4 Å². The second-order valence-electron chi connectivity index (χ2n) is 6.53. The standard InChI is InChI=1S/C18H28N2O3/c1-13(2)12-23-16-6-5-15(9-17(16)22-4)18(21)20-8-7-14(11-20)10-19-3/h5-6,9,13-14,19H,7-8,10-12H2,1-4H3. The first-order chi connectivity index (χ1) is 11.0. The van der Waals surface area contributed by atoms with Gasteiger partial charge in [0.15, 0.2) is 11.5 Å². The van der Waals surface area contributed by atoms with Gasteiger partial charge in [0.2, 0.25) is 0 Å². The van der Waals surface area contributed by atoms with Crippen molar-refractivity contribution in [3.8, 4) is 11.5 Å². The fourth-order valence-corrected chi connectivity index (χ4v) is 2.83. The molecule has 1 fully saturated rings. The molecule has 23 heavy (non-hydrogen) atoms. The lowest BCUT2D eigenvalue weighted by Gasteiger charge is -2.18. The summed E-state index contributed by atoms with van der Waals surface area (Å²) in [6.45, 7) is 7.40. The highest BCUT2D eigenvalue weighted by molar-refractivity contribution is 5.95. The van der Waals surface area contributed by atoms with Gasteiger partial charge in [-0.3, -0.25) is 4.79 Å². The zero-order valence-corrected chi connectivity index (χ0v) is 14.6. The third-order valence-electron chi connectivity index (χ3n) is 4.05. The van der Waals surface area contributed by atoms with Crippen molar-refractivity contribution in [2.24, 2.45) is 11.8 Å². The Morgan fingerprint density at radius 3 is 2.83 bits per heavy atom. The fraction of sp³-hybridized carbons (Fsp3) is 0.611. The predicted molar refractivity (Wildman–Crippen MR) is 91.3 cm³/mol. The quantitative estimate of drug-likeness (QED) is 0.838. The maximum absolute atomic E-state index is 12.7. The lowest BCUT2D eigenvalue weighted by Crippen LogP contribution is -2.30. The van der Waals surface area contributed by atoms with E-state index in [1.165, 1.54) is 0 Å². The van der Waals surface area contributed by atoms with Crippen LogP contribution in [-0.2, 0) is 0 Å². The molecule has 1 N–H and O–H groups in total. The van der Waals surface area contributed by atoms with Gasteiger partial charge in [-0.25, -0.2) is 0 Å². The van der Waals surface area contributed by atoms with Crippen molar-refractivity contribution in [1.29, 1.82) is 0 Å². The summed E-state index contributed by atoms with van der Waals surface area (Å²) < 4.78 is 11.1. The minimum Gasteiger partial charge on any atom is -0.493 e. The Kier molecular flexibility index (Phi) is 6.28. The summed E-state index contributed by atoms with van der Waals surface area (Å²) in [6.07, 6.45) is 1.05. The third-order valence-corrected chi connectivity index (χ3v) is 4.05. The number of hydrogen-bond acceptors (Lipinski definition) is 4. The Bertz CT molecular complexity index is 531. The molecular formula is C18H28N2O3. The van der Waals surface area contributed by atoms with E-state index in [2.05, 4.69) is 19.2 Å². The van der Waals surface area contributed by atoms with Crippen molar-refractivity contribution < 1.29 is 14.3 Å². The van der Waals surface area contributed by atoms with E-state index >= 15 is 0 Å². The molecule has 2 rings (SSSR count). The van der Waals surface area contributed by atoms with E-state index < -0.39 is 0 Å². The Morgan fingerprint density at radius 2 is 2.17 bits per heavy atom. The van der Waals surface area contributed by atoms with E-state index in [1.54, 1.807) is 13.2 Å². The van der Waals surface area contributed by atoms with Gasteiger partial charge in [0, 0.05) is 18.7 Å². The minimum absolute atomic E-state index is 0.0670. The van der Waals surface area contributed by atoms with Gasteiger partial charge in [0.25, 0.3) is 5.91 Å². The number of carbonyl (C=O) groups is 1. The maximum atomic E-state index is 12.7. The average molecular weight is 320 g/mol. The molecule has 0 radical (unpaired) electrons. The van der Waals surface area contributed by atoms with Crippen LogP contribution in [0.15, 0.2) is 18.2 Å². The monoisotopic (exact) mass is 320 g/mol. The van der Waals surface area contributed by atoms with E-state index in [4.69, 9.17) is 9.47 Å². The van der Waals surface area contributed by atoms with Crippen LogP contribution in [0, 0.1) is 11.8 Å². The molecule has 0 saturated carbocycles. The summed E-state index contributed by atoms with van der Waals surface area (Å²) in [4.78, 5) is 14.6. The van der Waals surface area contributed by atoms with Crippen molar-refractivity contribution in [3.63, 3.8) is 0 Å². The molecule has 1 aliphatic rings. The van der Waals surface area contributed by atoms with Crippen LogP contribution in [0.3, 0.4) is 0 Å². The zero-order valence-electron chi connectivity index (χ0n) is 14.6. The molecule has 0 aliphatic carbocycles. The van der Waals surface area contributed by atoms with E-state index in [-0.39, 0.29) is 5.91 Å². The lowest BCUT2D eigenvalue weighted by molar-refractivity contribution is 0.0786. The Morgan fingerprint density at radius 1 is 1.39 bits per heavy atom. The van der Waals surface area contributed by atoms with E-state index in [9.17, 15) is 4.79 Å². The van der Waals surface area contributed by atoms with E-state index in [1.807, 2.05) is 24.1 Å². The number of carbonyl (C=O) groups excluding carboxylic acids is 1. The first kappa shape index (κ1) is 17.6. The number of methoxy groups -OCH3 is 1. The van der Waals surface area contributed by atoms with Crippen LogP contribution in [-0.4, -0.2) is 51.2 Å². The molecule has 5 heteroatoms. The van der Waals surface area contributed by atoms with E-state index in [0.717, 1.165) is 26.1 Å². The molecule has 128 valence electrons. The molecule has 0 aromatic heterocycles. The summed E-state index contributed by atoms with van der Waals surface area (Å²) in [5, 5.41) is 3.18. The lowest BCUT2D eigenvalue weighted by atomic mass is 10.1. The predicted octanol–water partition coefficient (Wildman–Crippen LogP) is 2.41. The van der Waals surface area contributed by atoms with Gasteiger partial charge in [-0.15, -0.1) is 0 Å². The van der Waals surface area contributed by atoms with Crippen molar-refractivity contribution in [1.82, 2.24) is 10.2 Å². The number of ether oxygens (including phenoxy) is 2. The number of nitrogens with one attached hydrogen (secondary N) is 1. The molecule has 0 bridgehead atoms. The normalized spacial score (nSPS) is 17.6. The highest BCUT2D eigenvalue weighted by Crippen LogP contribution is 2.29. The summed E-state index contributed by atoms with van der Waals surface area (Å²) in [5.74, 6) is 2.35. The van der Waals surface area contributed by atoms with Gasteiger partial charge < -0.3 is 19.7 Å². The highest BCUT2D eigenvalue weighted by Gasteiger charge is 2.27. The average Bonchev–Trinajstić information content (AvgIpc) is 3.01. The summed E-state index contributed by atoms with van der Waals surface area (Å²) in [7, 11) is 3.55. The molecule has 1 aliphatic heterocycles. The molecule has 1 amide bonds. The van der Waals surface area contributed by atoms with Gasteiger partial charge in [-0.1, -0.05) is 13.8 Å². The third kappa shape index (κ3) is 4.61. The second kappa shape index (κ2) is 8.20. The van der Waals surface area contributed by atoms with Crippen molar-refractivity contribution >= 4 is 5.91 Å². The summed E-state index contributed by atoms with van der Waals surface area (Å²) in [5.41, 5.74) is 0.656. The van der Waals surface area contributed by atoms with Crippen LogP contribution in [0.5, 0.6) is 11.5 Å². The van der Waals surface area contributed by atoms with E-state index in [0.29, 0.717) is 35.5 Å². The largest absolute Gasteiger partial charge is 0.493 e. The molecule has 0 spiro atoms. The number of hydrogen-bond donors (Lipinski definition) is 1. The molecule has 1 unspecified atom stereocenters. The molecule has 1 aromatic rings. The smallest absolute Gasteiger partial charge is 0.254 e. The molecule has 1 heterocycles. The number of amides is 1. The first-order valence-corrected chi connectivity index (χ1v) is 8.29. The molecular weight excluding hydrogens is 292 g/mol. The first-order valence-electron chi connectivity index (χ1n) is 8.29. The molecule has 1 atom stereocenters. The SMILES string of the molecule is CNCC1CCN(C(=O)c2ccc(OCC(C)C)c(OC)c2)C1. The number of benzene rings is 1. The van der Waals surface area contributed by atoms with Gasteiger partial charge in [-0.05, 0) is 50.0 Å². The Hall–Kier alpha value is -1.75. The van der Waals surface area contributed by atoms with Crippen LogP contribution in [0.2, 0.25) is 0 Å². The maximum Gasteiger partial charge on any atom is 0.254 e. The van der Waals surface area contributed by atoms with Gasteiger partial charge in [0.05, 0.1) is 13.7 Å². The van der Waals surface area contributed by atoms with Crippen molar-refractivity contribution in [2.45, 2.75) is 20.3 Å². The van der Waals surface area contributed by atoms with Crippen LogP contribution < -0.4 is 14.8 Å². The van der Waals surface area contributed by atoms with Crippen LogP contribution in [0.25, 0.3) is 0 Å². The summed E-state index contributed by atoms with van der Waals surface area (Å²) >= 11 is 0. The van der Waals surface area contributed by atoms with Crippen molar-refractivity contribution in [3.05, 3.63) is 23.8 Å². The number of nitrogens with zero attached hydrogens (tertiary/aromatic N) is 1. The van der Waals surface area contributed by atoms with Crippen LogP contribution in [0.4, 0.5) is 0 Å². The van der Waals surface area contributed by atoms with Crippen LogP contribution in [0.1, 0.15) is 30.6 Å². The molecule has 1 saturated heterocycles. The topological polar surface area (TPSA) is 50.8 Å². The van der Waals surface area contributed by atoms with Gasteiger partial charge in [0.1, 0.15) is 0 Å². The summed E-state index contributed by atoms with van der Waals surface area (Å²) in [6, 6.07) is 5.44. The highest BCUT2D eigenvalue weighted by atomic mass is 16.5. The molecule has 1 aromatic carbocycles. The zero-order chi connectivity index (χ0) is 16.8.